The van der Waals surface area contributed by atoms with Gasteiger partial charge in [-0.15, -0.1) is 0 Å². The van der Waals surface area contributed by atoms with Gasteiger partial charge < -0.3 is 10.2 Å². The summed E-state index contributed by atoms with van der Waals surface area (Å²) in [5.74, 6) is 0.846. The molecule has 3 rings (SSSR count). The first-order chi connectivity index (χ1) is 12.1. The number of nitrogens with one attached hydrogen (secondary N) is 1. The predicted molar refractivity (Wildman–Crippen MR) is 96.2 cm³/mol. The first kappa shape index (κ1) is 17.4. The van der Waals surface area contributed by atoms with Crippen molar-refractivity contribution in [3.8, 4) is 0 Å². The molecule has 0 radical (unpaired) electrons. The lowest BCUT2D eigenvalue weighted by molar-refractivity contribution is -0.132. The fraction of sp³-hybridized carbons (Fsp3) is 0.556. The SMILES string of the molecule is Cc1cc(C)n(CC2CCCN2C(=O)CCCNc2ncccn2)n1. The highest BCUT2D eigenvalue weighted by Crippen LogP contribution is 2.21. The van der Waals surface area contributed by atoms with Gasteiger partial charge in [-0.25, -0.2) is 9.97 Å². The number of aryl methyl sites for hydroxylation is 2. The highest BCUT2D eigenvalue weighted by molar-refractivity contribution is 5.76. The number of carbonyl (C=O) groups is 1. The molecule has 7 nitrogen and oxygen atoms in total. The molecule has 3 heterocycles. The van der Waals surface area contributed by atoms with Gasteiger partial charge >= 0.3 is 0 Å². The Morgan fingerprint density at radius 3 is 2.84 bits per heavy atom. The number of hydrogen-bond acceptors (Lipinski definition) is 5. The van der Waals surface area contributed by atoms with Crippen molar-refractivity contribution in [2.45, 2.75) is 52.1 Å². The van der Waals surface area contributed by atoms with Crippen LogP contribution in [0.15, 0.2) is 24.5 Å². The zero-order valence-corrected chi connectivity index (χ0v) is 15.0. The van der Waals surface area contributed by atoms with Gasteiger partial charge in [0.05, 0.1) is 18.3 Å². The number of anilines is 1. The van der Waals surface area contributed by atoms with E-state index in [2.05, 4.69) is 33.4 Å². The molecule has 1 amide bonds. The van der Waals surface area contributed by atoms with Crippen LogP contribution >= 0.6 is 0 Å². The summed E-state index contributed by atoms with van der Waals surface area (Å²) < 4.78 is 2.03. The largest absolute Gasteiger partial charge is 0.354 e. The predicted octanol–water partition coefficient (Wildman–Crippen LogP) is 2.17. The number of rotatable bonds is 7. The maximum Gasteiger partial charge on any atom is 0.222 e. The molecule has 2 aromatic rings. The molecule has 0 saturated carbocycles. The van der Waals surface area contributed by atoms with Crippen LogP contribution in [0.3, 0.4) is 0 Å². The van der Waals surface area contributed by atoms with E-state index < -0.39 is 0 Å². The average Bonchev–Trinajstić information content (AvgIpc) is 3.19. The second-order valence-corrected chi connectivity index (χ2v) is 6.60. The lowest BCUT2D eigenvalue weighted by Gasteiger charge is -2.25. The van der Waals surface area contributed by atoms with E-state index >= 15 is 0 Å². The smallest absolute Gasteiger partial charge is 0.222 e. The van der Waals surface area contributed by atoms with E-state index in [0.29, 0.717) is 18.9 Å². The molecule has 1 aliphatic heterocycles. The van der Waals surface area contributed by atoms with Crippen molar-refractivity contribution >= 4 is 11.9 Å². The van der Waals surface area contributed by atoms with Crippen molar-refractivity contribution in [3.05, 3.63) is 35.9 Å². The Labute approximate surface area is 148 Å². The second kappa shape index (κ2) is 8.09. The lowest BCUT2D eigenvalue weighted by Crippen LogP contribution is -2.38. The molecule has 0 aliphatic carbocycles. The molecule has 1 saturated heterocycles. The molecule has 0 aromatic carbocycles. The Hall–Kier alpha value is -2.44. The molecule has 7 heteroatoms. The fourth-order valence-electron chi connectivity index (χ4n) is 3.39. The number of carbonyl (C=O) groups excluding carboxylic acids is 1. The first-order valence-corrected chi connectivity index (χ1v) is 8.95. The monoisotopic (exact) mass is 342 g/mol. The van der Waals surface area contributed by atoms with Crippen molar-refractivity contribution in [1.29, 1.82) is 0 Å². The van der Waals surface area contributed by atoms with Crippen LogP contribution in [0.4, 0.5) is 5.95 Å². The lowest BCUT2D eigenvalue weighted by atomic mass is 10.2. The molecule has 1 unspecified atom stereocenters. The van der Waals surface area contributed by atoms with Gasteiger partial charge in [0.1, 0.15) is 0 Å². The minimum atomic E-state index is 0.236. The van der Waals surface area contributed by atoms with E-state index in [1.807, 2.05) is 16.5 Å². The second-order valence-electron chi connectivity index (χ2n) is 6.60. The number of likely N-dealkylation sites (tertiary alicyclic amines) is 1. The third-order valence-corrected chi connectivity index (χ3v) is 4.60. The Morgan fingerprint density at radius 2 is 2.12 bits per heavy atom. The summed E-state index contributed by atoms with van der Waals surface area (Å²) in [5, 5.41) is 7.68. The molecule has 134 valence electrons. The van der Waals surface area contributed by atoms with Gasteiger partial charge in [0, 0.05) is 37.6 Å². The highest BCUT2D eigenvalue weighted by Gasteiger charge is 2.29. The zero-order chi connectivity index (χ0) is 17.6. The van der Waals surface area contributed by atoms with Crippen LogP contribution < -0.4 is 5.32 Å². The summed E-state index contributed by atoms with van der Waals surface area (Å²) in [5.41, 5.74) is 2.19. The van der Waals surface area contributed by atoms with Gasteiger partial charge in [0.15, 0.2) is 0 Å². The summed E-state index contributed by atoms with van der Waals surface area (Å²) in [6.45, 7) is 6.42. The van der Waals surface area contributed by atoms with E-state index in [4.69, 9.17) is 0 Å². The Balaban J connectivity index is 1.46. The molecule has 1 atom stereocenters. The van der Waals surface area contributed by atoms with Gasteiger partial charge in [-0.05, 0) is 45.2 Å². The first-order valence-electron chi connectivity index (χ1n) is 8.95. The van der Waals surface area contributed by atoms with Gasteiger partial charge in [0.25, 0.3) is 0 Å². The Kier molecular flexibility index (Phi) is 5.63. The van der Waals surface area contributed by atoms with E-state index in [1.165, 1.54) is 0 Å². The van der Waals surface area contributed by atoms with Crippen molar-refractivity contribution in [2.75, 3.05) is 18.4 Å². The van der Waals surface area contributed by atoms with Crippen LogP contribution in [-0.4, -0.2) is 49.7 Å². The van der Waals surface area contributed by atoms with E-state index in [0.717, 1.165) is 43.7 Å². The molecule has 1 aliphatic rings. The molecule has 1 N–H and O–H groups in total. The van der Waals surface area contributed by atoms with Crippen LogP contribution in [0.5, 0.6) is 0 Å². The van der Waals surface area contributed by atoms with Gasteiger partial charge in [0.2, 0.25) is 11.9 Å². The van der Waals surface area contributed by atoms with Gasteiger partial charge in [-0.1, -0.05) is 0 Å². The topological polar surface area (TPSA) is 75.9 Å². The van der Waals surface area contributed by atoms with Gasteiger partial charge in [-0.3, -0.25) is 9.48 Å². The van der Waals surface area contributed by atoms with Crippen LogP contribution in [0.1, 0.15) is 37.1 Å². The van der Waals surface area contributed by atoms with E-state index in [-0.39, 0.29) is 11.9 Å². The highest BCUT2D eigenvalue weighted by atomic mass is 16.2. The molecule has 0 bridgehead atoms. The third-order valence-electron chi connectivity index (χ3n) is 4.60. The molecule has 1 fully saturated rings. The molecular weight excluding hydrogens is 316 g/mol. The summed E-state index contributed by atoms with van der Waals surface area (Å²) in [4.78, 5) is 22.9. The molecule has 0 spiro atoms. The molecule has 25 heavy (non-hydrogen) atoms. The summed E-state index contributed by atoms with van der Waals surface area (Å²) in [7, 11) is 0. The summed E-state index contributed by atoms with van der Waals surface area (Å²) in [6.07, 6.45) is 6.86. The molecular formula is C18H26N6O. The number of nitrogens with zero attached hydrogens (tertiary/aromatic N) is 5. The van der Waals surface area contributed by atoms with E-state index in [9.17, 15) is 4.79 Å². The Morgan fingerprint density at radius 1 is 1.32 bits per heavy atom. The van der Waals surface area contributed by atoms with Crippen LogP contribution in [0.25, 0.3) is 0 Å². The number of amides is 1. The van der Waals surface area contributed by atoms with E-state index in [1.54, 1.807) is 18.5 Å². The summed E-state index contributed by atoms with van der Waals surface area (Å²) in [6, 6.07) is 4.12. The molecule has 2 aromatic heterocycles. The van der Waals surface area contributed by atoms with Gasteiger partial charge in [-0.2, -0.15) is 5.10 Å². The minimum Gasteiger partial charge on any atom is -0.354 e. The third kappa shape index (κ3) is 4.55. The number of hydrogen-bond donors (Lipinski definition) is 1. The van der Waals surface area contributed by atoms with Crippen molar-refractivity contribution in [3.63, 3.8) is 0 Å². The number of aromatic nitrogens is 4. The van der Waals surface area contributed by atoms with Crippen molar-refractivity contribution in [2.24, 2.45) is 0 Å². The van der Waals surface area contributed by atoms with Crippen LogP contribution in [-0.2, 0) is 11.3 Å². The fourth-order valence-corrected chi connectivity index (χ4v) is 3.39. The summed E-state index contributed by atoms with van der Waals surface area (Å²) >= 11 is 0. The zero-order valence-electron chi connectivity index (χ0n) is 15.0. The standard InChI is InChI=1S/C18H26N6O/c1-14-12-15(2)24(22-14)13-16-6-4-11-23(16)17(25)7-3-8-19-18-20-9-5-10-21-18/h5,9-10,12,16H,3-4,6-8,11,13H2,1-2H3,(H,19,20,21). The normalized spacial score (nSPS) is 17.0. The Bertz CT molecular complexity index is 699. The van der Waals surface area contributed by atoms with Crippen LogP contribution in [0.2, 0.25) is 0 Å². The average molecular weight is 342 g/mol. The minimum absolute atomic E-state index is 0.236. The maximum absolute atomic E-state index is 12.6. The quantitative estimate of drug-likeness (QED) is 0.781. The van der Waals surface area contributed by atoms with Crippen molar-refractivity contribution < 1.29 is 4.79 Å². The maximum atomic E-state index is 12.6. The van der Waals surface area contributed by atoms with Crippen molar-refractivity contribution in [1.82, 2.24) is 24.6 Å². The van der Waals surface area contributed by atoms with Crippen LogP contribution in [0, 0.1) is 13.8 Å².